The molecule has 5 N–H and O–H groups in total. The Morgan fingerprint density at radius 2 is 2.43 bits per heavy atom. The summed E-state index contributed by atoms with van der Waals surface area (Å²) in [5.74, 6) is -0.158. The van der Waals surface area contributed by atoms with Crippen LogP contribution in [-0.4, -0.2) is 44.0 Å². The van der Waals surface area contributed by atoms with Crippen LogP contribution in [0.25, 0.3) is 0 Å². The van der Waals surface area contributed by atoms with Crippen LogP contribution in [0, 0.1) is 0 Å². The van der Waals surface area contributed by atoms with Crippen LogP contribution >= 0.6 is 0 Å². The summed E-state index contributed by atoms with van der Waals surface area (Å²) in [7, 11) is 0. The Morgan fingerprint density at radius 3 is 3.00 bits per heavy atom. The molecule has 6 nitrogen and oxygen atoms in total. The van der Waals surface area contributed by atoms with Crippen LogP contribution in [-0.2, 0) is 9.59 Å². The maximum absolute atomic E-state index is 11.4. The largest absolute Gasteiger partial charge is 0.355 e. The fraction of sp³-hybridized carbons (Fsp3) is 0.750. The van der Waals surface area contributed by atoms with Gasteiger partial charge in [-0.2, -0.15) is 0 Å². The number of carbonyl (C=O) groups is 2. The van der Waals surface area contributed by atoms with Gasteiger partial charge in [0.05, 0.1) is 6.54 Å². The van der Waals surface area contributed by atoms with Crippen molar-refractivity contribution in [3.8, 4) is 0 Å². The van der Waals surface area contributed by atoms with E-state index in [1.165, 1.54) is 0 Å². The highest BCUT2D eigenvalue weighted by atomic mass is 16.2. The molecule has 0 aromatic rings. The van der Waals surface area contributed by atoms with Crippen molar-refractivity contribution in [2.24, 2.45) is 5.73 Å². The molecule has 0 aliphatic carbocycles. The normalized spacial score (nSPS) is 21.5. The number of hydrogen-bond donors (Lipinski definition) is 4. The van der Waals surface area contributed by atoms with E-state index >= 15 is 0 Å². The van der Waals surface area contributed by atoms with Crippen molar-refractivity contribution < 1.29 is 9.59 Å². The molecule has 0 saturated carbocycles. The Kier molecular flexibility index (Phi) is 4.34. The zero-order valence-electron chi connectivity index (χ0n) is 8.01. The van der Waals surface area contributed by atoms with Crippen molar-refractivity contribution in [3.63, 3.8) is 0 Å². The third kappa shape index (κ3) is 3.31. The van der Waals surface area contributed by atoms with Crippen LogP contribution in [0.1, 0.15) is 6.42 Å². The Morgan fingerprint density at radius 1 is 1.64 bits per heavy atom. The lowest BCUT2D eigenvalue weighted by molar-refractivity contribution is -0.126. The Bertz CT molecular complexity index is 209. The second-order valence-electron chi connectivity index (χ2n) is 3.17. The summed E-state index contributed by atoms with van der Waals surface area (Å²) >= 11 is 0. The van der Waals surface area contributed by atoms with Crippen molar-refractivity contribution in [1.29, 1.82) is 0 Å². The topological polar surface area (TPSA) is 96.2 Å². The molecule has 6 heteroatoms. The minimum absolute atomic E-state index is 0.0731. The first-order valence-electron chi connectivity index (χ1n) is 4.72. The van der Waals surface area contributed by atoms with Gasteiger partial charge in [-0.05, 0) is 13.0 Å². The predicted molar refractivity (Wildman–Crippen MR) is 51.5 cm³/mol. The molecule has 80 valence electrons. The van der Waals surface area contributed by atoms with E-state index in [-0.39, 0.29) is 24.4 Å². The van der Waals surface area contributed by atoms with Crippen LogP contribution in [0.5, 0.6) is 0 Å². The second-order valence-corrected chi connectivity index (χ2v) is 3.17. The van der Waals surface area contributed by atoms with Crippen LogP contribution < -0.4 is 21.7 Å². The van der Waals surface area contributed by atoms with Crippen LogP contribution in [0.4, 0.5) is 0 Å². The lowest BCUT2D eigenvalue weighted by atomic mass is 10.2. The van der Waals surface area contributed by atoms with E-state index in [4.69, 9.17) is 5.73 Å². The number of amides is 2. The summed E-state index contributed by atoms with van der Waals surface area (Å²) in [6.45, 7) is 1.71. The lowest BCUT2D eigenvalue weighted by Gasteiger charge is -2.23. The van der Waals surface area contributed by atoms with E-state index in [0.717, 1.165) is 6.42 Å². The van der Waals surface area contributed by atoms with Crippen LogP contribution in [0.2, 0.25) is 0 Å². The fourth-order valence-electron chi connectivity index (χ4n) is 1.19. The van der Waals surface area contributed by atoms with Gasteiger partial charge >= 0.3 is 0 Å². The summed E-state index contributed by atoms with van der Waals surface area (Å²) in [5, 5.41) is 8.19. The number of nitrogens with two attached hydrogens (primary N) is 1. The molecule has 0 aromatic heterocycles. The smallest absolute Gasteiger partial charge is 0.238 e. The van der Waals surface area contributed by atoms with Gasteiger partial charge in [-0.25, -0.2) is 0 Å². The summed E-state index contributed by atoms with van der Waals surface area (Å²) in [6.07, 6.45) is 0.769. The van der Waals surface area contributed by atoms with Crippen LogP contribution in [0.15, 0.2) is 0 Å². The molecule has 0 bridgehead atoms. The molecule has 1 aliphatic heterocycles. The highest BCUT2D eigenvalue weighted by Gasteiger charge is 2.22. The van der Waals surface area contributed by atoms with Gasteiger partial charge in [0.1, 0.15) is 6.04 Å². The second kappa shape index (κ2) is 5.56. The van der Waals surface area contributed by atoms with E-state index in [2.05, 4.69) is 16.0 Å². The molecule has 1 saturated heterocycles. The maximum atomic E-state index is 11.4. The quantitative estimate of drug-likeness (QED) is 0.378. The average Bonchev–Trinajstić information content (AvgIpc) is 2.19. The lowest BCUT2D eigenvalue weighted by Crippen LogP contribution is -2.58. The first kappa shape index (κ1) is 10.9. The van der Waals surface area contributed by atoms with Gasteiger partial charge in [-0.1, -0.05) is 0 Å². The average molecular weight is 200 g/mol. The van der Waals surface area contributed by atoms with E-state index in [1.807, 2.05) is 0 Å². The number of piperazine rings is 1. The van der Waals surface area contributed by atoms with Gasteiger partial charge in [0.2, 0.25) is 11.8 Å². The van der Waals surface area contributed by atoms with Gasteiger partial charge in [-0.3, -0.25) is 14.9 Å². The monoisotopic (exact) mass is 200 g/mol. The zero-order valence-corrected chi connectivity index (χ0v) is 8.01. The standard InChI is InChI=1S/C8H16N4O2/c9-2-1-3-10-8(14)6-4-12-7(13)5-11-6/h6,11H,1-5,9H2,(H,10,14)(H,12,13). The number of nitrogens with one attached hydrogen (secondary N) is 3. The number of rotatable bonds is 4. The maximum Gasteiger partial charge on any atom is 0.238 e. The molecule has 1 atom stereocenters. The molecular formula is C8H16N4O2. The first-order chi connectivity index (χ1) is 6.74. The van der Waals surface area contributed by atoms with E-state index in [0.29, 0.717) is 19.6 Å². The van der Waals surface area contributed by atoms with E-state index in [9.17, 15) is 9.59 Å². The van der Waals surface area contributed by atoms with E-state index < -0.39 is 0 Å². The molecule has 1 fully saturated rings. The molecular weight excluding hydrogens is 184 g/mol. The third-order valence-corrected chi connectivity index (χ3v) is 2.01. The van der Waals surface area contributed by atoms with E-state index in [1.54, 1.807) is 0 Å². The minimum atomic E-state index is -0.314. The summed E-state index contributed by atoms with van der Waals surface area (Å²) in [5.41, 5.74) is 5.29. The Balaban J connectivity index is 2.20. The van der Waals surface area contributed by atoms with Gasteiger partial charge in [0.15, 0.2) is 0 Å². The van der Waals surface area contributed by atoms with Gasteiger partial charge in [0, 0.05) is 13.1 Å². The third-order valence-electron chi connectivity index (χ3n) is 2.01. The van der Waals surface area contributed by atoms with Crippen molar-refractivity contribution >= 4 is 11.8 Å². The summed E-state index contributed by atoms with van der Waals surface area (Å²) in [6, 6.07) is -0.314. The SMILES string of the molecule is NCCCNC(=O)C1CNC(=O)CN1. The van der Waals surface area contributed by atoms with Gasteiger partial charge < -0.3 is 16.4 Å². The molecule has 1 heterocycles. The number of carbonyl (C=O) groups excluding carboxylic acids is 2. The highest BCUT2D eigenvalue weighted by Crippen LogP contribution is 1.88. The number of hydrogen-bond acceptors (Lipinski definition) is 4. The molecule has 14 heavy (non-hydrogen) atoms. The summed E-state index contributed by atoms with van der Waals surface area (Å²) in [4.78, 5) is 22.2. The zero-order chi connectivity index (χ0) is 10.4. The molecule has 0 radical (unpaired) electrons. The van der Waals surface area contributed by atoms with Crippen molar-refractivity contribution in [3.05, 3.63) is 0 Å². The first-order valence-corrected chi connectivity index (χ1v) is 4.72. The molecule has 1 rings (SSSR count). The molecule has 2 amide bonds. The van der Waals surface area contributed by atoms with Crippen molar-refractivity contribution in [2.75, 3.05) is 26.2 Å². The molecule has 1 unspecified atom stereocenters. The highest BCUT2D eigenvalue weighted by molar-refractivity contribution is 5.86. The van der Waals surface area contributed by atoms with Crippen molar-refractivity contribution in [2.45, 2.75) is 12.5 Å². The predicted octanol–water partition coefficient (Wildman–Crippen LogP) is -2.46. The summed E-state index contributed by atoms with van der Waals surface area (Å²) < 4.78 is 0. The van der Waals surface area contributed by atoms with Gasteiger partial charge in [-0.15, -0.1) is 0 Å². The Hall–Kier alpha value is -1.14. The minimum Gasteiger partial charge on any atom is -0.355 e. The molecule has 0 spiro atoms. The molecule has 0 aromatic carbocycles. The van der Waals surface area contributed by atoms with Crippen molar-refractivity contribution in [1.82, 2.24) is 16.0 Å². The van der Waals surface area contributed by atoms with Gasteiger partial charge in [0.25, 0.3) is 0 Å². The van der Waals surface area contributed by atoms with Crippen LogP contribution in [0.3, 0.4) is 0 Å². The molecule has 1 aliphatic rings. The Labute approximate surface area is 82.6 Å². The fourth-order valence-corrected chi connectivity index (χ4v) is 1.19.